The Kier molecular flexibility index (Phi) is 5.74. The summed E-state index contributed by atoms with van der Waals surface area (Å²) in [5.74, 6) is 1.35. The maximum absolute atomic E-state index is 5.73. The second kappa shape index (κ2) is 6.86. The summed E-state index contributed by atoms with van der Waals surface area (Å²) in [4.78, 5) is 0. The van der Waals surface area contributed by atoms with Crippen LogP contribution in [-0.4, -0.2) is 6.54 Å². The van der Waals surface area contributed by atoms with E-state index in [9.17, 15) is 0 Å². The Hall–Kier alpha value is -0.530. The first-order chi connectivity index (χ1) is 7.26. The van der Waals surface area contributed by atoms with E-state index in [0.29, 0.717) is 5.88 Å². The molecule has 0 aliphatic carbocycles. The van der Waals surface area contributed by atoms with Crippen LogP contribution in [0.5, 0.6) is 0 Å². The maximum Gasteiger partial charge on any atom is 0.0474 e. The SMILES string of the molecule is CCC(C)CNCc1ccc(CCl)cc1. The molecule has 0 bridgehead atoms. The molecule has 1 aromatic carbocycles. The van der Waals surface area contributed by atoms with Crippen LogP contribution in [-0.2, 0) is 12.4 Å². The molecule has 0 aliphatic rings. The summed E-state index contributed by atoms with van der Waals surface area (Å²) in [5, 5.41) is 3.46. The molecule has 0 aliphatic heterocycles. The van der Waals surface area contributed by atoms with Crippen molar-refractivity contribution in [3.63, 3.8) is 0 Å². The second-order valence-electron chi connectivity index (χ2n) is 4.09. The number of alkyl halides is 1. The van der Waals surface area contributed by atoms with Gasteiger partial charge in [0.25, 0.3) is 0 Å². The van der Waals surface area contributed by atoms with E-state index in [4.69, 9.17) is 11.6 Å². The fourth-order valence-electron chi connectivity index (χ4n) is 1.35. The zero-order chi connectivity index (χ0) is 11.1. The second-order valence-corrected chi connectivity index (χ2v) is 4.36. The van der Waals surface area contributed by atoms with E-state index in [0.717, 1.165) is 19.0 Å². The molecule has 0 saturated carbocycles. The van der Waals surface area contributed by atoms with Gasteiger partial charge in [0, 0.05) is 12.4 Å². The molecule has 1 N–H and O–H groups in total. The molecule has 84 valence electrons. The summed E-state index contributed by atoms with van der Waals surface area (Å²) in [6, 6.07) is 8.46. The topological polar surface area (TPSA) is 12.0 Å². The monoisotopic (exact) mass is 225 g/mol. The zero-order valence-electron chi connectivity index (χ0n) is 9.59. The predicted molar refractivity (Wildman–Crippen MR) is 67.2 cm³/mol. The first kappa shape index (κ1) is 12.5. The summed E-state index contributed by atoms with van der Waals surface area (Å²) in [6.07, 6.45) is 1.23. The molecule has 1 nitrogen and oxygen atoms in total. The van der Waals surface area contributed by atoms with E-state index in [1.165, 1.54) is 17.5 Å². The minimum Gasteiger partial charge on any atom is -0.312 e. The molecule has 1 rings (SSSR count). The molecule has 1 atom stereocenters. The molecule has 0 heterocycles. The van der Waals surface area contributed by atoms with Gasteiger partial charge in [0.1, 0.15) is 0 Å². The quantitative estimate of drug-likeness (QED) is 0.730. The van der Waals surface area contributed by atoms with Crippen molar-refractivity contribution in [1.29, 1.82) is 0 Å². The van der Waals surface area contributed by atoms with Gasteiger partial charge in [-0.2, -0.15) is 0 Å². The number of benzene rings is 1. The lowest BCUT2D eigenvalue weighted by atomic mass is 10.1. The Morgan fingerprint density at radius 3 is 2.33 bits per heavy atom. The summed E-state index contributed by atoms with van der Waals surface area (Å²) in [6.45, 7) is 6.53. The van der Waals surface area contributed by atoms with E-state index >= 15 is 0 Å². The van der Waals surface area contributed by atoms with Crippen molar-refractivity contribution in [2.24, 2.45) is 5.92 Å². The molecule has 1 aromatic rings. The Balaban J connectivity index is 2.31. The van der Waals surface area contributed by atoms with Crippen LogP contribution in [0.3, 0.4) is 0 Å². The number of nitrogens with one attached hydrogen (secondary N) is 1. The van der Waals surface area contributed by atoms with Crippen LogP contribution in [0.15, 0.2) is 24.3 Å². The van der Waals surface area contributed by atoms with Crippen molar-refractivity contribution >= 4 is 11.6 Å². The van der Waals surface area contributed by atoms with Crippen molar-refractivity contribution in [1.82, 2.24) is 5.32 Å². The molecular formula is C13H20ClN. The zero-order valence-corrected chi connectivity index (χ0v) is 10.3. The first-order valence-electron chi connectivity index (χ1n) is 5.60. The summed E-state index contributed by atoms with van der Waals surface area (Å²) in [7, 11) is 0. The van der Waals surface area contributed by atoms with Crippen molar-refractivity contribution in [2.45, 2.75) is 32.7 Å². The highest BCUT2D eigenvalue weighted by Gasteiger charge is 1.98. The van der Waals surface area contributed by atoms with Gasteiger partial charge < -0.3 is 5.32 Å². The third kappa shape index (κ3) is 4.67. The maximum atomic E-state index is 5.73. The molecule has 0 fully saturated rings. The Labute approximate surface area is 97.8 Å². The van der Waals surface area contributed by atoms with E-state index in [-0.39, 0.29) is 0 Å². The van der Waals surface area contributed by atoms with Crippen molar-refractivity contribution in [2.75, 3.05) is 6.54 Å². The van der Waals surface area contributed by atoms with Crippen molar-refractivity contribution in [3.8, 4) is 0 Å². The van der Waals surface area contributed by atoms with E-state index < -0.39 is 0 Å². The summed E-state index contributed by atoms with van der Waals surface area (Å²) >= 11 is 5.73. The fourth-order valence-corrected chi connectivity index (χ4v) is 1.53. The largest absolute Gasteiger partial charge is 0.312 e. The van der Waals surface area contributed by atoms with Crippen molar-refractivity contribution < 1.29 is 0 Å². The van der Waals surface area contributed by atoms with Crippen LogP contribution < -0.4 is 5.32 Å². The standard InChI is InChI=1S/C13H20ClN/c1-3-11(2)9-15-10-13-6-4-12(8-14)5-7-13/h4-7,11,15H,3,8-10H2,1-2H3. The number of hydrogen-bond acceptors (Lipinski definition) is 1. The highest BCUT2D eigenvalue weighted by atomic mass is 35.5. The van der Waals surface area contributed by atoms with Crippen LogP contribution >= 0.6 is 11.6 Å². The molecule has 0 amide bonds. The lowest BCUT2D eigenvalue weighted by Gasteiger charge is -2.10. The highest BCUT2D eigenvalue weighted by molar-refractivity contribution is 6.17. The molecule has 0 radical (unpaired) electrons. The molecule has 1 unspecified atom stereocenters. The Bertz CT molecular complexity index is 268. The van der Waals surface area contributed by atoms with Gasteiger partial charge in [0.15, 0.2) is 0 Å². The van der Waals surface area contributed by atoms with Gasteiger partial charge in [-0.1, -0.05) is 44.5 Å². The van der Waals surface area contributed by atoms with Crippen LogP contribution in [0, 0.1) is 5.92 Å². The van der Waals surface area contributed by atoms with Gasteiger partial charge in [-0.3, -0.25) is 0 Å². The number of halogens is 1. The van der Waals surface area contributed by atoms with Crippen LogP contribution in [0.4, 0.5) is 0 Å². The third-order valence-corrected chi connectivity index (χ3v) is 3.00. The average molecular weight is 226 g/mol. The van der Waals surface area contributed by atoms with Crippen molar-refractivity contribution in [3.05, 3.63) is 35.4 Å². The summed E-state index contributed by atoms with van der Waals surface area (Å²) < 4.78 is 0. The summed E-state index contributed by atoms with van der Waals surface area (Å²) in [5.41, 5.74) is 2.51. The molecule has 15 heavy (non-hydrogen) atoms. The molecule has 0 saturated heterocycles. The molecular weight excluding hydrogens is 206 g/mol. The van der Waals surface area contributed by atoms with Crippen LogP contribution in [0.2, 0.25) is 0 Å². The van der Waals surface area contributed by atoms with Crippen LogP contribution in [0.25, 0.3) is 0 Å². The number of rotatable bonds is 6. The van der Waals surface area contributed by atoms with E-state index in [1.807, 2.05) is 0 Å². The average Bonchev–Trinajstić information content (AvgIpc) is 2.29. The predicted octanol–water partition coefficient (Wildman–Crippen LogP) is 3.56. The highest BCUT2D eigenvalue weighted by Crippen LogP contribution is 2.07. The lowest BCUT2D eigenvalue weighted by Crippen LogP contribution is -2.20. The van der Waals surface area contributed by atoms with E-state index in [2.05, 4.69) is 43.4 Å². The van der Waals surface area contributed by atoms with Crippen LogP contribution in [0.1, 0.15) is 31.4 Å². The normalized spacial score (nSPS) is 12.7. The first-order valence-corrected chi connectivity index (χ1v) is 6.14. The number of hydrogen-bond donors (Lipinski definition) is 1. The molecule has 2 heteroatoms. The smallest absolute Gasteiger partial charge is 0.0474 e. The molecule has 0 aromatic heterocycles. The minimum atomic E-state index is 0.598. The Morgan fingerprint density at radius 1 is 1.20 bits per heavy atom. The third-order valence-electron chi connectivity index (χ3n) is 2.70. The van der Waals surface area contributed by atoms with Gasteiger partial charge in [-0.05, 0) is 23.6 Å². The van der Waals surface area contributed by atoms with Gasteiger partial charge >= 0.3 is 0 Å². The van der Waals surface area contributed by atoms with Gasteiger partial charge in [-0.15, -0.1) is 11.6 Å². The van der Waals surface area contributed by atoms with Gasteiger partial charge in [0.2, 0.25) is 0 Å². The lowest BCUT2D eigenvalue weighted by molar-refractivity contribution is 0.500. The molecule has 0 spiro atoms. The van der Waals surface area contributed by atoms with Gasteiger partial charge in [-0.25, -0.2) is 0 Å². The Morgan fingerprint density at radius 2 is 1.80 bits per heavy atom. The van der Waals surface area contributed by atoms with E-state index in [1.54, 1.807) is 0 Å². The minimum absolute atomic E-state index is 0.598. The fraction of sp³-hybridized carbons (Fsp3) is 0.538. The van der Waals surface area contributed by atoms with Gasteiger partial charge in [0.05, 0.1) is 0 Å².